The van der Waals surface area contributed by atoms with Gasteiger partial charge in [0.25, 0.3) is 5.69 Å². The Labute approximate surface area is 190 Å². The molecule has 1 saturated heterocycles. The van der Waals surface area contributed by atoms with E-state index in [4.69, 9.17) is 22.1 Å². The van der Waals surface area contributed by atoms with Crippen LogP contribution in [-0.4, -0.2) is 47.0 Å². The van der Waals surface area contributed by atoms with Crippen LogP contribution in [0.1, 0.15) is 38.2 Å². The molecule has 1 aliphatic carbocycles. The van der Waals surface area contributed by atoms with Crippen LogP contribution in [0, 0.1) is 26.9 Å². The molecule has 0 amide bonds. The molecule has 32 heavy (non-hydrogen) atoms. The number of halogens is 1. The van der Waals surface area contributed by atoms with Gasteiger partial charge in [-0.3, -0.25) is 19.9 Å². The number of morpholine rings is 1. The van der Waals surface area contributed by atoms with Gasteiger partial charge in [0.1, 0.15) is 10.8 Å². The van der Waals surface area contributed by atoms with Crippen LogP contribution in [0.5, 0.6) is 0 Å². The summed E-state index contributed by atoms with van der Waals surface area (Å²) < 4.78 is 5.46. The Bertz CT molecular complexity index is 1100. The van der Waals surface area contributed by atoms with E-state index in [-0.39, 0.29) is 33.3 Å². The topological polar surface area (TPSA) is 126 Å². The Hall–Kier alpha value is -2.93. The van der Waals surface area contributed by atoms with Crippen LogP contribution >= 0.6 is 11.6 Å². The molecule has 1 aromatic rings. The van der Waals surface area contributed by atoms with Crippen molar-refractivity contribution < 1.29 is 14.5 Å². The predicted molar refractivity (Wildman–Crippen MR) is 117 cm³/mol. The highest BCUT2D eigenvalue weighted by Gasteiger charge is 2.46. The summed E-state index contributed by atoms with van der Waals surface area (Å²) in [6.07, 6.45) is 0.893. The Morgan fingerprint density at radius 1 is 1.31 bits per heavy atom. The normalized spacial score (nSPS) is 23.8. The Kier molecular flexibility index (Phi) is 5.71. The van der Waals surface area contributed by atoms with Crippen molar-refractivity contribution in [3.63, 3.8) is 0 Å². The number of nitrogens with zero attached hydrogens (tertiary/aromatic N) is 4. The van der Waals surface area contributed by atoms with Gasteiger partial charge in [-0.15, -0.1) is 0 Å². The van der Waals surface area contributed by atoms with Crippen LogP contribution in [-0.2, 0) is 9.53 Å². The molecule has 168 valence electrons. The SMILES string of the molecule is CC1(C)CC(=O)C2=C(C1)N(N1CCOCC1)C(N)=C(C#N)C2c1ccc(Cl)c([N+](=O)[O-])c1. The van der Waals surface area contributed by atoms with E-state index < -0.39 is 10.8 Å². The first-order valence-electron chi connectivity index (χ1n) is 10.4. The van der Waals surface area contributed by atoms with Crippen molar-refractivity contribution in [2.24, 2.45) is 11.1 Å². The lowest BCUT2D eigenvalue weighted by atomic mass is 9.69. The fourth-order valence-corrected chi connectivity index (χ4v) is 4.94. The fourth-order valence-electron chi connectivity index (χ4n) is 4.75. The fraction of sp³-hybridized carbons (Fsp3) is 0.455. The molecule has 0 spiro atoms. The zero-order chi connectivity index (χ0) is 23.2. The monoisotopic (exact) mass is 457 g/mol. The van der Waals surface area contributed by atoms with Gasteiger partial charge in [-0.25, -0.2) is 5.01 Å². The summed E-state index contributed by atoms with van der Waals surface area (Å²) in [7, 11) is 0. The number of hydrogen-bond acceptors (Lipinski definition) is 8. The Morgan fingerprint density at radius 2 is 2.00 bits per heavy atom. The van der Waals surface area contributed by atoms with Crippen molar-refractivity contribution in [1.82, 2.24) is 10.0 Å². The summed E-state index contributed by atoms with van der Waals surface area (Å²) >= 11 is 6.01. The van der Waals surface area contributed by atoms with Gasteiger partial charge in [0.2, 0.25) is 0 Å². The second-order valence-corrected chi connectivity index (χ2v) is 9.40. The highest BCUT2D eigenvalue weighted by atomic mass is 35.5. The third-order valence-corrected chi connectivity index (χ3v) is 6.44. The van der Waals surface area contributed by atoms with Gasteiger partial charge >= 0.3 is 0 Å². The minimum absolute atomic E-state index is 0.00901. The Morgan fingerprint density at radius 3 is 2.62 bits per heavy atom. The first-order chi connectivity index (χ1) is 15.1. The Balaban J connectivity index is 1.94. The summed E-state index contributed by atoms with van der Waals surface area (Å²) in [4.78, 5) is 24.4. The largest absolute Gasteiger partial charge is 0.383 e. The number of ether oxygens (including phenoxy) is 1. The maximum Gasteiger partial charge on any atom is 0.288 e. The zero-order valence-electron chi connectivity index (χ0n) is 17.9. The second-order valence-electron chi connectivity index (χ2n) is 8.99. The molecule has 9 nitrogen and oxygen atoms in total. The van der Waals surface area contributed by atoms with E-state index in [0.717, 1.165) is 5.70 Å². The lowest BCUT2D eigenvalue weighted by molar-refractivity contribution is -0.384. The average molecular weight is 458 g/mol. The van der Waals surface area contributed by atoms with Gasteiger partial charge in [-0.1, -0.05) is 31.5 Å². The van der Waals surface area contributed by atoms with E-state index in [2.05, 4.69) is 6.07 Å². The number of nitrogens with two attached hydrogens (primary N) is 1. The number of nitro benzene ring substituents is 1. The first kappa shape index (κ1) is 22.3. The van der Waals surface area contributed by atoms with Crippen molar-refractivity contribution in [3.05, 3.63) is 61.6 Å². The molecule has 1 fully saturated rings. The summed E-state index contributed by atoms with van der Waals surface area (Å²) in [5, 5.41) is 25.3. The molecular weight excluding hydrogens is 434 g/mol. The molecule has 0 saturated carbocycles. The van der Waals surface area contributed by atoms with Crippen molar-refractivity contribution in [3.8, 4) is 6.07 Å². The van der Waals surface area contributed by atoms with Crippen LogP contribution in [0.25, 0.3) is 0 Å². The van der Waals surface area contributed by atoms with E-state index in [0.29, 0.717) is 50.3 Å². The number of rotatable bonds is 3. The van der Waals surface area contributed by atoms with Crippen molar-refractivity contribution in [1.29, 1.82) is 5.26 Å². The number of allylic oxidation sites excluding steroid dienone is 3. The smallest absolute Gasteiger partial charge is 0.288 e. The minimum Gasteiger partial charge on any atom is -0.383 e. The van der Waals surface area contributed by atoms with Crippen molar-refractivity contribution >= 4 is 23.1 Å². The number of nitriles is 1. The summed E-state index contributed by atoms with van der Waals surface area (Å²) in [5.41, 5.74) is 7.84. The second kappa shape index (κ2) is 8.20. The molecule has 0 bridgehead atoms. The number of hydrazine groups is 1. The summed E-state index contributed by atoms with van der Waals surface area (Å²) in [6.45, 7) is 6.21. The van der Waals surface area contributed by atoms with Gasteiger partial charge in [0.05, 0.1) is 35.7 Å². The van der Waals surface area contributed by atoms with Gasteiger partial charge < -0.3 is 10.5 Å². The van der Waals surface area contributed by atoms with Crippen LogP contribution in [0.2, 0.25) is 5.02 Å². The zero-order valence-corrected chi connectivity index (χ0v) is 18.7. The molecule has 3 aliphatic rings. The lowest BCUT2D eigenvalue weighted by Crippen LogP contribution is -2.53. The van der Waals surface area contributed by atoms with E-state index >= 15 is 0 Å². The maximum atomic E-state index is 13.4. The third-order valence-electron chi connectivity index (χ3n) is 6.12. The quantitative estimate of drug-likeness (QED) is 0.541. The molecule has 2 N–H and O–H groups in total. The minimum atomic E-state index is -0.785. The summed E-state index contributed by atoms with van der Waals surface area (Å²) in [6, 6.07) is 6.55. The number of carbonyl (C=O) groups is 1. The molecule has 1 unspecified atom stereocenters. The molecule has 2 heterocycles. The van der Waals surface area contributed by atoms with Crippen LogP contribution in [0.15, 0.2) is 40.9 Å². The number of nitro groups is 1. The highest BCUT2D eigenvalue weighted by Crippen LogP contribution is 2.50. The number of benzene rings is 1. The van der Waals surface area contributed by atoms with Gasteiger partial charge in [-0.2, -0.15) is 5.26 Å². The molecule has 4 rings (SSSR count). The highest BCUT2D eigenvalue weighted by molar-refractivity contribution is 6.32. The number of ketones is 1. The molecule has 1 atom stereocenters. The van der Waals surface area contributed by atoms with Gasteiger partial charge in [-0.05, 0) is 23.5 Å². The lowest BCUT2D eigenvalue weighted by Gasteiger charge is -2.48. The van der Waals surface area contributed by atoms with Crippen molar-refractivity contribution in [2.45, 2.75) is 32.6 Å². The predicted octanol–water partition coefficient (Wildman–Crippen LogP) is 3.23. The molecule has 0 aromatic heterocycles. The number of Topliss-reactive ketones (excluding diaryl/α,β-unsaturated/α-hetero) is 1. The third kappa shape index (κ3) is 3.75. The maximum absolute atomic E-state index is 13.4. The molecular formula is C22H24ClN5O4. The van der Waals surface area contributed by atoms with E-state index in [1.165, 1.54) is 12.1 Å². The van der Waals surface area contributed by atoms with Crippen LogP contribution < -0.4 is 5.73 Å². The van der Waals surface area contributed by atoms with E-state index in [1.807, 2.05) is 18.9 Å². The molecule has 10 heteroatoms. The van der Waals surface area contributed by atoms with Crippen molar-refractivity contribution in [2.75, 3.05) is 26.3 Å². The van der Waals surface area contributed by atoms with Gasteiger partial charge in [0.15, 0.2) is 5.78 Å². The molecule has 1 aromatic carbocycles. The van der Waals surface area contributed by atoms with Crippen LogP contribution in [0.4, 0.5) is 5.69 Å². The molecule has 0 radical (unpaired) electrons. The standard InChI is InChI=1S/C22H24ClN5O4/c1-22(2)10-17-20(18(29)11-22)19(13-3-4-15(23)16(9-13)28(30)31)14(12-24)21(25)27(17)26-5-7-32-8-6-26/h3-4,9,19H,5-8,10-11,25H2,1-2H3. The molecule has 2 aliphatic heterocycles. The number of hydrogen-bond donors (Lipinski definition) is 1. The number of carbonyl (C=O) groups excluding carboxylic acids is 1. The van der Waals surface area contributed by atoms with Gasteiger partial charge in [0, 0.05) is 36.8 Å². The summed E-state index contributed by atoms with van der Waals surface area (Å²) in [5.74, 6) is -0.634. The average Bonchev–Trinajstić information content (AvgIpc) is 2.73. The first-order valence-corrected chi connectivity index (χ1v) is 10.7. The van der Waals surface area contributed by atoms with E-state index in [1.54, 1.807) is 11.1 Å². The van der Waals surface area contributed by atoms with Crippen LogP contribution in [0.3, 0.4) is 0 Å². The van der Waals surface area contributed by atoms with E-state index in [9.17, 15) is 20.2 Å².